The molecule has 0 saturated carbocycles. The van der Waals surface area contributed by atoms with Crippen LogP contribution in [0, 0.1) is 13.8 Å². The summed E-state index contributed by atoms with van der Waals surface area (Å²) in [6.45, 7) is 4.18. The molecule has 24 heavy (non-hydrogen) atoms. The normalized spacial score (nSPS) is 11.1. The van der Waals surface area contributed by atoms with Crippen LogP contribution < -0.4 is 11.1 Å². The smallest absolute Gasteiger partial charge is 0.0733 e. The van der Waals surface area contributed by atoms with E-state index in [2.05, 4.69) is 48.6 Å². The molecule has 0 spiro atoms. The number of anilines is 3. The van der Waals surface area contributed by atoms with Crippen molar-refractivity contribution in [3.63, 3.8) is 0 Å². The van der Waals surface area contributed by atoms with Crippen LogP contribution in [0.5, 0.6) is 0 Å². The van der Waals surface area contributed by atoms with Crippen molar-refractivity contribution in [3.05, 3.63) is 71.8 Å². The predicted molar refractivity (Wildman–Crippen MR) is 103 cm³/mol. The van der Waals surface area contributed by atoms with E-state index in [-0.39, 0.29) is 0 Å². The highest BCUT2D eigenvalue weighted by Crippen LogP contribution is 2.32. The number of nitrogens with zero attached hydrogens (tertiary/aromatic N) is 1. The number of hydrogen-bond acceptors (Lipinski definition) is 3. The summed E-state index contributed by atoms with van der Waals surface area (Å²) in [6.07, 6.45) is 0. The number of aryl methyl sites for hydroxylation is 2. The molecule has 1 heterocycles. The second-order valence-electron chi connectivity index (χ2n) is 6.15. The fourth-order valence-corrected chi connectivity index (χ4v) is 3.19. The van der Waals surface area contributed by atoms with Crippen LogP contribution in [0.4, 0.5) is 17.1 Å². The number of nitrogens with two attached hydrogens (primary N) is 1. The lowest BCUT2D eigenvalue weighted by Crippen LogP contribution is -1.97. The molecule has 3 aromatic carbocycles. The molecular weight excluding hydrogens is 294 g/mol. The van der Waals surface area contributed by atoms with Crippen molar-refractivity contribution < 1.29 is 0 Å². The molecule has 0 atom stereocenters. The Morgan fingerprint density at radius 1 is 0.875 bits per heavy atom. The number of benzene rings is 3. The SMILES string of the molecule is Cc1cc(Nc2cccc3nc4ccccc4c(C)c23)ccc1N. The minimum absolute atomic E-state index is 0.808. The number of pyridine rings is 1. The second kappa shape index (κ2) is 5.53. The zero-order valence-electron chi connectivity index (χ0n) is 13.8. The maximum atomic E-state index is 5.92. The molecule has 118 valence electrons. The number of aromatic nitrogens is 1. The van der Waals surface area contributed by atoms with Crippen LogP contribution in [0.3, 0.4) is 0 Å². The number of hydrogen-bond donors (Lipinski definition) is 2. The van der Waals surface area contributed by atoms with Gasteiger partial charge in [-0.15, -0.1) is 0 Å². The van der Waals surface area contributed by atoms with E-state index in [9.17, 15) is 0 Å². The molecule has 0 amide bonds. The van der Waals surface area contributed by atoms with Crippen molar-refractivity contribution in [3.8, 4) is 0 Å². The van der Waals surface area contributed by atoms with Crippen molar-refractivity contribution in [2.45, 2.75) is 13.8 Å². The van der Waals surface area contributed by atoms with Crippen LogP contribution in [-0.2, 0) is 0 Å². The second-order valence-corrected chi connectivity index (χ2v) is 6.15. The zero-order valence-corrected chi connectivity index (χ0v) is 13.8. The Morgan fingerprint density at radius 2 is 1.67 bits per heavy atom. The van der Waals surface area contributed by atoms with Crippen molar-refractivity contribution in [2.24, 2.45) is 0 Å². The lowest BCUT2D eigenvalue weighted by atomic mass is 10.0. The first-order valence-corrected chi connectivity index (χ1v) is 8.05. The van der Waals surface area contributed by atoms with E-state index in [1.54, 1.807) is 0 Å². The maximum Gasteiger partial charge on any atom is 0.0733 e. The maximum absolute atomic E-state index is 5.92. The number of fused-ring (bicyclic) bond motifs is 2. The van der Waals surface area contributed by atoms with Gasteiger partial charge in [0, 0.05) is 27.8 Å². The summed E-state index contributed by atoms with van der Waals surface area (Å²) in [5.74, 6) is 0. The number of nitrogens with one attached hydrogen (secondary N) is 1. The molecule has 3 nitrogen and oxygen atoms in total. The monoisotopic (exact) mass is 313 g/mol. The van der Waals surface area contributed by atoms with Crippen LogP contribution >= 0.6 is 0 Å². The molecule has 0 aliphatic heterocycles. The average molecular weight is 313 g/mol. The van der Waals surface area contributed by atoms with Crippen molar-refractivity contribution in [1.29, 1.82) is 0 Å². The number of para-hydroxylation sites is 1. The van der Waals surface area contributed by atoms with Crippen LogP contribution in [0.25, 0.3) is 21.8 Å². The van der Waals surface area contributed by atoms with Gasteiger partial charge in [-0.25, -0.2) is 4.98 Å². The van der Waals surface area contributed by atoms with Gasteiger partial charge in [0.2, 0.25) is 0 Å². The molecule has 0 fully saturated rings. The third-order valence-corrected chi connectivity index (χ3v) is 4.52. The average Bonchev–Trinajstić information content (AvgIpc) is 2.58. The minimum Gasteiger partial charge on any atom is -0.399 e. The highest BCUT2D eigenvalue weighted by atomic mass is 14.9. The largest absolute Gasteiger partial charge is 0.399 e. The summed E-state index contributed by atoms with van der Waals surface area (Å²) < 4.78 is 0. The van der Waals surface area contributed by atoms with Gasteiger partial charge < -0.3 is 11.1 Å². The van der Waals surface area contributed by atoms with Gasteiger partial charge in [-0.05, 0) is 61.4 Å². The van der Waals surface area contributed by atoms with Gasteiger partial charge in [-0.1, -0.05) is 24.3 Å². The first kappa shape index (κ1) is 14.5. The first-order chi connectivity index (χ1) is 11.6. The molecule has 1 aromatic heterocycles. The van der Waals surface area contributed by atoms with Gasteiger partial charge in [0.15, 0.2) is 0 Å². The van der Waals surface area contributed by atoms with E-state index >= 15 is 0 Å². The fourth-order valence-electron chi connectivity index (χ4n) is 3.19. The summed E-state index contributed by atoms with van der Waals surface area (Å²) in [7, 11) is 0. The van der Waals surface area contributed by atoms with Gasteiger partial charge in [-0.2, -0.15) is 0 Å². The lowest BCUT2D eigenvalue weighted by molar-refractivity contribution is 1.43. The highest BCUT2D eigenvalue weighted by molar-refractivity contribution is 6.04. The third kappa shape index (κ3) is 2.35. The van der Waals surface area contributed by atoms with Crippen molar-refractivity contribution >= 4 is 38.9 Å². The molecule has 4 rings (SSSR count). The lowest BCUT2D eigenvalue weighted by Gasteiger charge is -2.14. The Balaban J connectivity index is 1.92. The molecule has 4 aromatic rings. The van der Waals surface area contributed by atoms with E-state index in [0.29, 0.717) is 0 Å². The summed E-state index contributed by atoms with van der Waals surface area (Å²) >= 11 is 0. The van der Waals surface area contributed by atoms with Gasteiger partial charge in [0.25, 0.3) is 0 Å². The van der Waals surface area contributed by atoms with Gasteiger partial charge in [0.1, 0.15) is 0 Å². The van der Waals surface area contributed by atoms with Gasteiger partial charge in [0.05, 0.1) is 11.0 Å². The third-order valence-electron chi connectivity index (χ3n) is 4.52. The molecular formula is C21H19N3. The minimum atomic E-state index is 0.808. The predicted octanol–water partition coefficient (Wildman–Crippen LogP) is 5.33. The van der Waals surface area contributed by atoms with Crippen LogP contribution in [0.2, 0.25) is 0 Å². The zero-order chi connectivity index (χ0) is 16.7. The molecule has 3 heteroatoms. The molecule has 0 saturated heterocycles. The Labute approximate surface area is 141 Å². The molecule has 0 aliphatic carbocycles. The van der Waals surface area contributed by atoms with Gasteiger partial charge in [-0.3, -0.25) is 0 Å². The topological polar surface area (TPSA) is 50.9 Å². The standard InChI is InChI=1S/C21H19N3/c1-13-12-15(10-11-17(13)22)23-19-8-5-9-20-21(19)14(2)16-6-3-4-7-18(16)24-20/h3-12,23H,22H2,1-2H3. The van der Waals surface area contributed by atoms with Gasteiger partial charge >= 0.3 is 0 Å². The molecule has 0 unspecified atom stereocenters. The Morgan fingerprint density at radius 3 is 2.50 bits per heavy atom. The fraction of sp³-hybridized carbons (Fsp3) is 0.0952. The number of rotatable bonds is 2. The molecule has 0 radical (unpaired) electrons. The molecule has 3 N–H and O–H groups in total. The van der Waals surface area contributed by atoms with E-state index in [4.69, 9.17) is 10.7 Å². The van der Waals surface area contributed by atoms with Crippen LogP contribution in [0.1, 0.15) is 11.1 Å². The van der Waals surface area contributed by atoms with E-state index in [0.717, 1.165) is 39.0 Å². The summed E-state index contributed by atoms with van der Waals surface area (Å²) in [4.78, 5) is 4.81. The first-order valence-electron chi connectivity index (χ1n) is 8.05. The van der Waals surface area contributed by atoms with E-state index in [1.165, 1.54) is 10.9 Å². The van der Waals surface area contributed by atoms with E-state index < -0.39 is 0 Å². The van der Waals surface area contributed by atoms with Crippen molar-refractivity contribution in [2.75, 3.05) is 11.1 Å². The Kier molecular flexibility index (Phi) is 3.35. The number of nitrogen functional groups attached to an aromatic ring is 1. The van der Waals surface area contributed by atoms with Crippen molar-refractivity contribution in [1.82, 2.24) is 4.98 Å². The molecule has 0 bridgehead atoms. The quantitative estimate of drug-likeness (QED) is 0.388. The Bertz CT molecular complexity index is 1070. The summed E-state index contributed by atoms with van der Waals surface area (Å²) in [5, 5.41) is 5.87. The van der Waals surface area contributed by atoms with Crippen LogP contribution in [-0.4, -0.2) is 4.98 Å². The summed E-state index contributed by atoms with van der Waals surface area (Å²) in [5.41, 5.74) is 13.2. The van der Waals surface area contributed by atoms with Crippen LogP contribution in [0.15, 0.2) is 60.7 Å². The summed E-state index contributed by atoms with van der Waals surface area (Å²) in [6, 6.07) is 20.5. The highest BCUT2D eigenvalue weighted by Gasteiger charge is 2.09. The molecule has 0 aliphatic rings. The van der Waals surface area contributed by atoms with E-state index in [1.807, 2.05) is 31.2 Å². The Hall–Kier alpha value is -3.07.